The van der Waals surface area contributed by atoms with Gasteiger partial charge in [-0.05, 0) is 36.7 Å². The van der Waals surface area contributed by atoms with Crippen molar-refractivity contribution in [3.8, 4) is 11.5 Å². The standard InChI is InChI=1S/C18H17FN4O/c19-16-6-2-1-5-15(16)18-22-21-17(24-18)14-7-9-23(12-14)11-13-4-3-8-20-10-13/h1-6,8,10,14H,7,9,11-12H2. The first-order valence-corrected chi connectivity index (χ1v) is 7.99. The summed E-state index contributed by atoms with van der Waals surface area (Å²) in [6.07, 6.45) is 4.62. The third-order valence-corrected chi connectivity index (χ3v) is 4.30. The number of pyridine rings is 1. The van der Waals surface area contributed by atoms with Gasteiger partial charge in [-0.1, -0.05) is 18.2 Å². The molecule has 24 heavy (non-hydrogen) atoms. The zero-order chi connectivity index (χ0) is 16.4. The molecule has 4 rings (SSSR count). The molecule has 0 aliphatic carbocycles. The number of hydrogen-bond donors (Lipinski definition) is 0. The minimum absolute atomic E-state index is 0.190. The molecular formula is C18H17FN4O. The van der Waals surface area contributed by atoms with E-state index in [1.807, 2.05) is 12.3 Å². The second kappa shape index (κ2) is 6.49. The highest BCUT2D eigenvalue weighted by atomic mass is 19.1. The lowest BCUT2D eigenvalue weighted by Gasteiger charge is -2.14. The summed E-state index contributed by atoms with van der Waals surface area (Å²) in [4.78, 5) is 6.49. The zero-order valence-electron chi connectivity index (χ0n) is 13.1. The molecular weight excluding hydrogens is 307 g/mol. The van der Waals surface area contributed by atoms with Crippen molar-refractivity contribution in [2.24, 2.45) is 0 Å². The summed E-state index contributed by atoms with van der Waals surface area (Å²) in [5.74, 6) is 0.669. The number of likely N-dealkylation sites (tertiary alicyclic amines) is 1. The zero-order valence-corrected chi connectivity index (χ0v) is 13.1. The molecule has 5 nitrogen and oxygen atoms in total. The molecule has 2 aromatic heterocycles. The van der Waals surface area contributed by atoms with Gasteiger partial charge in [-0.25, -0.2) is 4.39 Å². The molecule has 1 saturated heterocycles. The number of rotatable bonds is 4. The van der Waals surface area contributed by atoms with Gasteiger partial charge in [-0.2, -0.15) is 0 Å². The van der Waals surface area contributed by atoms with Crippen LogP contribution in [0, 0.1) is 5.82 Å². The van der Waals surface area contributed by atoms with Crippen LogP contribution >= 0.6 is 0 Å². The molecule has 0 spiro atoms. The van der Waals surface area contributed by atoms with Gasteiger partial charge in [0, 0.05) is 25.5 Å². The van der Waals surface area contributed by atoms with Crippen LogP contribution in [0.15, 0.2) is 53.2 Å². The molecule has 0 N–H and O–H groups in total. The van der Waals surface area contributed by atoms with Crippen molar-refractivity contribution >= 4 is 0 Å². The van der Waals surface area contributed by atoms with Crippen LogP contribution in [0.25, 0.3) is 11.5 Å². The predicted octanol–water partition coefficient (Wildman–Crippen LogP) is 3.26. The van der Waals surface area contributed by atoms with Gasteiger partial charge in [0.05, 0.1) is 11.5 Å². The Morgan fingerprint density at radius 3 is 2.92 bits per heavy atom. The van der Waals surface area contributed by atoms with Crippen molar-refractivity contribution in [3.63, 3.8) is 0 Å². The van der Waals surface area contributed by atoms with Crippen LogP contribution in [0.4, 0.5) is 4.39 Å². The molecule has 6 heteroatoms. The van der Waals surface area contributed by atoms with Gasteiger partial charge in [-0.15, -0.1) is 10.2 Å². The van der Waals surface area contributed by atoms with Gasteiger partial charge in [0.2, 0.25) is 5.89 Å². The highest BCUT2D eigenvalue weighted by Gasteiger charge is 2.28. The quantitative estimate of drug-likeness (QED) is 0.737. The molecule has 1 atom stereocenters. The molecule has 0 radical (unpaired) electrons. The van der Waals surface area contributed by atoms with Gasteiger partial charge in [-0.3, -0.25) is 9.88 Å². The van der Waals surface area contributed by atoms with Gasteiger partial charge in [0.1, 0.15) is 5.82 Å². The summed E-state index contributed by atoms with van der Waals surface area (Å²) in [5.41, 5.74) is 1.54. The normalized spacial score (nSPS) is 18.1. The first kappa shape index (κ1) is 15.0. The predicted molar refractivity (Wildman–Crippen MR) is 86.6 cm³/mol. The Hall–Kier alpha value is -2.60. The van der Waals surface area contributed by atoms with E-state index < -0.39 is 0 Å². The maximum absolute atomic E-state index is 13.8. The van der Waals surface area contributed by atoms with E-state index >= 15 is 0 Å². The van der Waals surface area contributed by atoms with Crippen LogP contribution in [0.1, 0.15) is 23.8 Å². The fourth-order valence-electron chi connectivity index (χ4n) is 3.07. The molecule has 1 aliphatic heterocycles. The van der Waals surface area contributed by atoms with Crippen molar-refractivity contribution in [3.05, 3.63) is 66.1 Å². The summed E-state index contributed by atoms with van der Waals surface area (Å²) < 4.78 is 19.6. The molecule has 122 valence electrons. The van der Waals surface area contributed by atoms with Crippen LogP contribution < -0.4 is 0 Å². The molecule has 0 bridgehead atoms. The van der Waals surface area contributed by atoms with Crippen LogP contribution in [-0.4, -0.2) is 33.2 Å². The Bertz CT molecular complexity index is 821. The Balaban J connectivity index is 1.45. The average Bonchev–Trinajstić information content (AvgIpc) is 3.25. The van der Waals surface area contributed by atoms with E-state index in [4.69, 9.17) is 4.42 Å². The number of benzene rings is 1. The minimum Gasteiger partial charge on any atom is -0.420 e. The molecule has 3 aromatic rings. The largest absolute Gasteiger partial charge is 0.420 e. The van der Waals surface area contributed by atoms with E-state index in [2.05, 4.69) is 26.1 Å². The topological polar surface area (TPSA) is 55.1 Å². The van der Waals surface area contributed by atoms with E-state index in [0.29, 0.717) is 11.5 Å². The van der Waals surface area contributed by atoms with Gasteiger partial charge in [0.15, 0.2) is 0 Å². The Labute approximate surface area is 139 Å². The van der Waals surface area contributed by atoms with Crippen molar-refractivity contribution in [2.75, 3.05) is 13.1 Å². The maximum Gasteiger partial charge on any atom is 0.250 e. The van der Waals surface area contributed by atoms with Crippen LogP contribution in [0.3, 0.4) is 0 Å². The fraction of sp³-hybridized carbons (Fsp3) is 0.278. The second-order valence-electron chi connectivity index (χ2n) is 6.01. The van der Waals surface area contributed by atoms with Crippen LogP contribution in [-0.2, 0) is 6.54 Å². The van der Waals surface area contributed by atoms with Crippen molar-refractivity contribution in [2.45, 2.75) is 18.9 Å². The molecule has 1 unspecified atom stereocenters. The first-order valence-electron chi connectivity index (χ1n) is 7.99. The molecule has 1 fully saturated rings. The second-order valence-corrected chi connectivity index (χ2v) is 6.01. The van der Waals surface area contributed by atoms with Gasteiger partial charge < -0.3 is 4.42 Å². The van der Waals surface area contributed by atoms with E-state index in [1.165, 1.54) is 11.6 Å². The summed E-state index contributed by atoms with van der Waals surface area (Å²) in [7, 11) is 0. The third kappa shape index (κ3) is 3.05. The monoisotopic (exact) mass is 324 g/mol. The van der Waals surface area contributed by atoms with E-state index in [-0.39, 0.29) is 17.6 Å². The minimum atomic E-state index is -0.350. The third-order valence-electron chi connectivity index (χ3n) is 4.30. The van der Waals surface area contributed by atoms with E-state index in [0.717, 1.165) is 26.1 Å². The van der Waals surface area contributed by atoms with Gasteiger partial charge >= 0.3 is 0 Å². The van der Waals surface area contributed by atoms with Crippen molar-refractivity contribution < 1.29 is 8.81 Å². The lowest BCUT2D eigenvalue weighted by atomic mass is 10.1. The lowest BCUT2D eigenvalue weighted by Crippen LogP contribution is -2.19. The molecule has 1 aromatic carbocycles. The Kier molecular flexibility index (Phi) is 4.04. The number of nitrogens with zero attached hydrogens (tertiary/aromatic N) is 4. The lowest BCUT2D eigenvalue weighted by molar-refractivity contribution is 0.320. The number of halogens is 1. The van der Waals surface area contributed by atoms with E-state index in [1.54, 1.807) is 24.4 Å². The summed E-state index contributed by atoms with van der Waals surface area (Å²) in [6, 6.07) is 10.5. The fourth-order valence-corrected chi connectivity index (χ4v) is 3.07. The summed E-state index contributed by atoms with van der Waals surface area (Å²) in [6.45, 7) is 2.68. The Morgan fingerprint density at radius 2 is 2.08 bits per heavy atom. The summed E-state index contributed by atoms with van der Waals surface area (Å²) in [5, 5.41) is 8.15. The smallest absolute Gasteiger partial charge is 0.250 e. The molecule has 0 saturated carbocycles. The van der Waals surface area contributed by atoms with Gasteiger partial charge in [0.25, 0.3) is 5.89 Å². The molecule has 0 amide bonds. The SMILES string of the molecule is Fc1ccccc1-c1nnc(C2CCN(Cc3cccnc3)C2)o1. The average molecular weight is 324 g/mol. The number of hydrogen-bond acceptors (Lipinski definition) is 5. The van der Waals surface area contributed by atoms with Crippen LogP contribution in [0.2, 0.25) is 0 Å². The van der Waals surface area contributed by atoms with Crippen molar-refractivity contribution in [1.82, 2.24) is 20.1 Å². The first-order chi connectivity index (χ1) is 11.8. The van der Waals surface area contributed by atoms with E-state index in [9.17, 15) is 4.39 Å². The summed E-state index contributed by atoms with van der Waals surface area (Å²) >= 11 is 0. The maximum atomic E-state index is 13.8. The van der Waals surface area contributed by atoms with Crippen molar-refractivity contribution in [1.29, 1.82) is 0 Å². The number of aromatic nitrogens is 3. The highest BCUT2D eigenvalue weighted by Crippen LogP contribution is 2.30. The molecule has 1 aliphatic rings. The molecule has 3 heterocycles. The Morgan fingerprint density at radius 1 is 1.17 bits per heavy atom. The van der Waals surface area contributed by atoms with Crippen LogP contribution in [0.5, 0.6) is 0 Å². The highest BCUT2D eigenvalue weighted by molar-refractivity contribution is 5.53.